The van der Waals surface area contributed by atoms with Crippen LogP contribution in [0.4, 0.5) is 0 Å². The molecule has 0 heterocycles. The van der Waals surface area contributed by atoms with Crippen molar-refractivity contribution in [3.63, 3.8) is 0 Å². The molecule has 1 aliphatic rings. The summed E-state index contributed by atoms with van der Waals surface area (Å²) in [6.07, 6.45) is 18.6. The Balaban J connectivity index is 1.84. The topological polar surface area (TPSA) is 14.1 Å². The van der Waals surface area contributed by atoms with Crippen LogP contribution >= 0.6 is 0 Å². The van der Waals surface area contributed by atoms with E-state index < -0.39 is 0 Å². The summed E-state index contributed by atoms with van der Waals surface area (Å²) < 4.78 is 0. The number of unbranched alkanes of at least 4 members (excludes halogenated alkanes) is 4. The lowest BCUT2D eigenvalue weighted by molar-refractivity contribution is 0.418. The molecular weight excluding hydrogens is 206 g/mol. The molecule has 0 N–H and O–H groups in total. The van der Waals surface area contributed by atoms with Crippen LogP contribution in [-0.4, -0.2) is 13.1 Å². The van der Waals surface area contributed by atoms with Crippen molar-refractivity contribution in [2.75, 3.05) is 13.1 Å². The van der Waals surface area contributed by atoms with Gasteiger partial charge in [-0.25, -0.2) is 5.32 Å². The zero-order valence-corrected chi connectivity index (χ0v) is 11.7. The van der Waals surface area contributed by atoms with E-state index in [-0.39, 0.29) is 0 Å². The average molecular weight is 236 g/mol. The molecule has 17 heavy (non-hydrogen) atoms. The number of hydrogen-bond acceptors (Lipinski definition) is 0. The molecule has 0 aromatic heterocycles. The van der Waals surface area contributed by atoms with Gasteiger partial charge >= 0.3 is 0 Å². The second-order valence-corrected chi connectivity index (χ2v) is 5.37. The number of rotatable bonds is 9. The highest BCUT2D eigenvalue weighted by atomic mass is 14.8. The minimum absolute atomic E-state index is 0.864. The van der Waals surface area contributed by atoms with Crippen LogP contribution in [0.25, 0.3) is 0 Å². The van der Waals surface area contributed by atoms with Crippen molar-refractivity contribution >= 4 is 0 Å². The van der Waals surface area contributed by atoms with Gasteiger partial charge in [0, 0.05) is 13.1 Å². The minimum atomic E-state index is 0.864. The highest BCUT2D eigenvalue weighted by Gasteiger charge is 2.09. The van der Waals surface area contributed by atoms with Crippen molar-refractivity contribution in [3.05, 3.63) is 12.2 Å². The molecule has 0 bridgehead atoms. The summed E-state index contributed by atoms with van der Waals surface area (Å²) in [6, 6.07) is 0. The van der Waals surface area contributed by atoms with E-state index >= 15 is 0 Å². The lowest BCUT2D eigenvalue weighted by Gasteiger charge is -2.17. The third-order valence-corrected chi connectivity index (χ3v) is 3.71. The highest BCUT2D eigenvalue weighted by molar-refractivity contribution is 4.90. The molecule has 1 heteroatoms. The van der Waals surface area contributed by atoms with Gasteiger partial charge in [0.15, 0.2) is 0 Å². The maximum atomic E-state index is 4.57. The molecule has 0 saturated heterocycles. The van der Waals surface area contributed by atoms with Gasteiger partial charge < -0.3 is 0 Å². The molecule has 0 spiro atoms. The van der Waals surface area contributed by atoms with Crippen LogP contribution in [0.3, 0.4) is 0 Å². The van der Waals surface area contributed by atoms with Gasteiger partial charge in [0.1, 0.15) is 0 Å². The van der Waals surface area contributed by atoms with Gasteiger partial charge in [0.2, 0.25) is 0 Å². The van der Waals surface area contributed by atoms with Gasteiger partial charge in [-0.3, -0.25) is 0 Å². The molecule has 0 aliphatic heterocycles. The summed E-state index contributed by atoms with van der Waals surface area (Å²) >= 11 is 0. The smallest absolute Gasteiger partial charge is 0.0314 e. The zero-order valence-electron chi connectivity index (χ0n) is 11.7. The molecule has 1 fully saturated rings. The summed E-state index contributed by atoms with van der Waals surface area (Å²) in [6.45, 7) is 4.28. The molecule has 1 rings (SSSR count). The van der Waals surface area contributed by atoms with Crippen LogP contribution in [0.1, 0.15) is 71.1 Å². The molecule has 1 aliphatic carbocycles. The Morgan fingerprint density at radius 3 is 2.53 bits per heavy atom. The first-order chi connectivity index (χ1) is 8.43. The molecule has 0 amide bonds. The number of nitrogens with zero attached hydrogens (tertiary/aromatic N) is 1. The van der Waals surface area contributed by atoms with E-state index in [4.69, 9.17) is 0 Å². The van der Waals surface area contributed by atoms with E-state index in [1.54, 1.807) is 0 Å². The summed E-state index contributed by atoms with van der Waals surface area (Å²) in [7, 11) is 0. The Morgan fingerprint density at radius 2 is 1.76 bits per heavy atom. The van der Waals surface area contributed by atoms with Crippen LogP contribution in [0.2, 0.25) is 0 Å². The molecule has 0 unspecified atom stereocenters. The van der Waals surface area contributed by atoms with Crippen LogP contribution in [-0.2, 0) is 0 Å². The summed E-state index contributed by atoms with van der Waals surface area (Å²) in [5.41, 5.74) is 0. The largest absolute Gasteiger partial charge is 0.238 e. The molecule has 99 valence electrons. The van der Waals surface area contributed by atoms with Gasteiger partial charge in [-0.1, -0.05) is 64.0 Å². The van der Waals surface area contributed by atoms with E-state index in [0.29, 0.717) is 0 Å². The van der Waals surface area contributed by atoms with Crippen LogP contribution in [0, 0.1) is 5.92 Å². The van der Waals surface area contributed by atoms with Crippen molar-refractivity contribution < 1.29 is 0 Å². The molecule has 1 saturated carbocycles. The molecule has 1 radical (unpaired) electrons. The summed E-state index contributed by atoms with van der Waals surface area (Å²) in [4.78, 5) is 0. The molecule has 0 atom stereocenters. The predicted molar refractivity (Wildman–Crippen MR) is 76.3 cm³/mol. The van der Waals surface area contributed by atoms with E-state index in [9.17, 15) is 0 Å². The van der Waals surface area contributed by atoms with E-state index in [2.05, 4.69) is 24.4 Å². The van der Waals surface area contributed by atoms with E-state index in [0.717, 1.165) is 19.0 Å². The molecular formula is C16H30N. The Labute approximate surface area is 108 Å². The fraction of sp³-hybridized carbons (Fsp3) is 0.875. The van der Waals surface area contributed by atoms with E-state index in [1.807, 2.05) is 0 Å². The van der Waals surface area contributed by atoms with Crippen LogP contribution < -0.4 is 5.32 Å². The lowest BCUT2D eigenvalue weighted by atomic mass is 9.89. The second-order valence-electron chi connectivity index (χ2n) is 5.37. The van der Waals surface area contributed by atoms with Crippen molar-refractivity contribution in [2.24, 2.45) is 5.92 Å². The maximum Gasteiger partial charge on any atom is 0.0314 e. The highest BCUT2D eigenvalue weighted by Crippen LogP contribution is 2.24. The number of allylic oxidation sites excluding steroid dienone is 1. The maximum absolute atomic E-state index is 4.57. The van der Waals surface area contributed by atoms with Gasteiger partial charge in [-0.05, 0) is 25.2 Å². The Hall–Kier alpha value is -0.300. The van der Waals surface area contributed by atoms with E-state index in [1.165, 1.54) is 64.2 Å². The van der Waals surface area contributed by atoms with Crippen molar-refractivity contribution in [2.45, 2.75) is 71.1 Å². The first-order valence-corrected chi connectivity index (χ1v) is 7.73. The normalized spacial score (nSPS) is 17.9. The van der Waals surface area contributed by atoms with Crippen molar-refractivity contribution in [3.8, 4) is 0 Å². The second kappa shape index (κ2) is 10.8. The molecule has 0 aromatic carbocycles. The van der Waals surface area contributed by atoms with Gasteiger partial charge in [-0.15, -0.1) is 0 Å². The molecule has 1 nitrogen and oxygen atoms in total. The van der Waals surface area contributed by atoms with Crippen LogP contribution in [0.5, 0.6) is 0 Å². The standard InChI is InChI=1S/C16H30N/c1-2-3-4-5-9-14-17-15-10-13-16-11-7-6-8-12-16/h10,13,16H,2-9,11-12,14-15H2,1H3/b13-10+. The zero-order chi connectivity index (χ0) is 12.2. The minimum Gasteiger partial charge on any atom is -0.238 e. The van der Waals surface area contributed by atoms with Gasteiger partial charge in [-0.2, -0.15) is 0 Å². The third kappa shape index (κ3) is 8.43. The van der Waals surface area contributed by atoms with Gasteiger partial charge in [0.05, 0.1) is 0 Å². The van der Waals surface area contributed by atoms with Crippen LogP contribution in [0.15, 0.2) is 12.2 Å². The quantitative estimate of drug-likeness (QED) is 0.407. The molecule has 0 aromatic rings. The average Bonchev–Trinajstić information content (AvgIpc) is 2.38. The summed E-state index contributed by atoms with van der Waals surface area (Å²) in [5, 5.41) is 4.57. The third-order valence-electron chi connectivity index (χ3n) is 3.71. The SMILES string of the molecule is CCCCCCC[N]C/C=C/C1CCCCC1. The first kappa shape index (κ1) is 14.8. The lowest BCUT2D eigenvalue weighted by Crippen LogP contribution is -2.08. The fourth-order valence-electron chi connectivity index (χ4n) is 2.57. The predicted octanol–water partition coefficient (Wildman–Crippen LogP) is 4.70. The fourth-order valence-corrected chi connectivity index (χ4v) is 2.57. The van der Waals surface area contributed by atoms with Crippen molar-refractivity contribution in [1.82, 2.24) is 5.32 Å². The summed E-state index contributed by atoms with van der Waals surface area (Å²) in [5.74, 6) is 0.864. The Kier molecular flexibility index (Phi) is 9.40. The first-order valence-electron chi connectivity index (χ1n) is 7.73. The number of hydrogen-bond donors (Lipinski definition) is 0. The van der Waals surface area contributed by atoms with Crippen molar-refractivity contribution in [1.29, 1.82) is 0 Å². The van der Waals surface area contributed by atoms with Gasteiger partial charge in [0.25, 0.3) is 0 Å². The Morgan fingerprint density at radius 1 is 1.00 bits per heavy atom. The monoisotopic (exact) mass is 236 g/mol. The Bertz CT molecular complexity index is 180.